The molecule has 4 heterocycles. The normalized spacial score (nSPS) is 11.3. The second-order valence-electron chi connectivity index (χ2n) is 4.76. The van der Waals surface area contributed by atoms with Crippen molar-refractivity contribution in [1.82, 2.24) is 14.4 Å². The Balaban J connectivity index is 1.42. The van der Waals surface area contributed by atoms with Crippen LogP contribution in [-0.2, 0) is 11.5 Å². The van der Waals surface area contributed by atoms with Gasteiger partial charge in [0.05, 0.1) is 16.3 Å². The maximum Gasteiger partial charge on any atom is 0.258 e. The monoisotopic (exact) mass is 361 g/mol. The van der Waals surface area contributed by atoms with E-state index in [9.17, 15) is 4.79 Å². The Morgan fingerprint density at radius 1 is 1.17 bits per heavy atom. The second-order valence-corrected chi connectivity index (χ2v) is 7.56. The molecule has 0 atom stereocenters. The SMILES string of the molecule is O=c1cc(CSCc2coc(-c3cccs3)n2)nc2sccn12. The molecule has 0 spiro atoms. The van der Waals surface area contributed by atoms with Gasteiger partial charge >= 0.3 is 0 Å². The molecule has 0 radical (unpaired) electrons. The van der Waals surface area contributed by atoms with Crippen molar-refractivity contribution in [2.24, 2.45) is 0 Å². The maximum atomic E-state index is 11.9. The summed E-state index contributed by atoms with van der Waals surface area (Å²) >= 11 is 4.73. The van der Waals surface area contributed by atoms with Crippen molar-refractivity contribution in [3.05, 3.63) is 63.2 Å². The molecule has 0 aromatic carbocycles. The lowest BCUT2D eigenvalue weighted by Crippen LogP contribution is -2.12. The van der Waals surface area contributed by atoms with Gasteiger partial charge in [-0.25, -0.2) is 9.97 Å². The quantitative estimate of drug-likeness (QED) is 0.539. The molecule has 0 saturated carbocycles. The van der Waals surface area contributed by atoms with Crippen LogP contribution in [0.1, 0.15) is 11.4 Å². The largest absolute Gasteiger partial charge is 0.444 e. The van der Waals surface area contributed by atoms with Crippen molar-refractivity contribution in [3.8, 4) is 10.8 Å². The van der Waals surface area contributed by atoms with Crippen LogP contribution in [0.25, 0.3) is 15.7 Å². The molecule has 8 heteroatoms. The lowest BCUT2D eigenvalue weighted by Gasteiger charge is -2.00. The average Bonchev–Trinajstić information content (AvgIpc) is 3.28. The highest BCUT2D eigenvalue weighted by atomic mass is 32.2. The molecule has 0 bridgehead atoms. The zero-order valence-electron chi connectivity index (χ0n) is 11.8. The summed E-state index contributed by atoms with van der Waals surface area (Å²) < 4.78 is 7.06. The van der Waals surface area contributed by atoms with E-state index in [1.807, 2.05) is 22.9 Å². The van der Waals surface area contributed by atoms with E-state index in [4.69, 9.17) is 4.42 Å². The molecule has 0 amide bonds. The molecule has 0 aliphatic heterocycles. The van der Waals surface area contributed by atoms with E-state index in [0.717, 1.165) is 27.0 Å². The number of thiophene rings is 1. The lowest BCUT2D eigenvalue weighted by molar-refractivity contribution is 0.575. The number of hydrogen-bond donors (Lipinski definition) is 0. The number of fused-ring (bicyclic) bond motifs is 1. The van der Waals surface area contributed by atoms with E-state index >= 15 is 0 Å². The number of thiazole rings is 1. The molecule has 4 rings (SSSR count). The number of rotatable bonds is 5. The van der Waals surface area contributed by atoms with Crippen LogP contribution >= 0.6 is 34.4 Å². The molecule has 0 saturated heterocycles. The molecular formula is C15H11N3O2S3. The molecule has 4 aromatic heterocycles. The number of hydrogen-bond acceptors (Lipinski definition) is 7. The maximum absolute atomic E-state index is 11.9. The van der Waals surface area contributed by atoms with E-state index < -0.39 is 0 Å². The standard InChI is InChI=1S/C15H11N3O2S3/c19-13-6-10(17-15-18(13)3-5-23-15)8-21-9-11-7-20-14(16-11)12-2-1-4-22-12/h1-7H,8-9H2. The third-order valence-electron chi connectivity index (χ3n) is 3.14. The van der Waals surface area contributed by atoms with E-state index in [1.165, 1.54) is 11.3 Å². The molecule has 0 fully saturated rings. The van der Waals surface area contributed by atoms with Crippen molar-refractivity contribution in [3.63, 3.8) is 0 Å². The molecule has 5 nitrogen and oxygen atoms in total. The van der Waals surface area contributed by atoms with Gasteiger partial charge in [-0.2, -0.15) is 0 Å². The summed E-state index contributed by atoms with van der Waals surface area (Å²) in [5, 5.41) is 3.86. The highest BCUT2D eigenvalue weighted by molar-refractivity contribution is 7.97. The lowest BCUT2D eigenvalue weighted by atomic mass is 10.4. The van der Waals surface area contributed by atoms with Gasteiger partial charge in [-0.15, -0.1) is 34.4 Å². The minimum atomic E-state index is -0.0340. The Bertz CT molecular complexity index is 985. The molecule has 0 aliphatic carbocycles. The first-order valence-electron chi connectivity index (χ1n) is 6.81. The first-order chi connectivity index (χ1) is 11.3. The number of oxazole rings is 1. The summed E-state index contributed by atoms with van der Waals surface area (Å²) in [7, 11) is 0. The van der Waals surface area contributed by atoms with Crippen LogP contribution in [0.4, 0.5) is 0 Å². The van der Waals surface area contributed by atoms with Crippen LogP contribution in [0.15, 0.2) is 50.6 Å². The van der Waals surface area contributed by atoms with Gasteiger partial charge in [0.25, 0.3) is 5.56 Å². The highest BCUT2D eigenvalue weighted by Gasteiger charge is 2.08. The Morgan fingerprint density at radius 2 is 2.09 bits per heavy atom. The van der Waals surface area contributed by atoms with Crippen LogP contribution in [0, 0.1) is 0 Å². The third-order valence-corrected chi connectivity index (χ3v) is 5.75. The topological polar surface area (TPSA) is 60.4 Å². The van der Waals surface area contributed by atoms with Crippen LogP contribution in [0.5, 0.6) is 0 Å². The van der Waals surface area contributed by atoms with Crippen LogP contribution < -0.4 is 5.56 Å². The Hall–Kier alpha value is -1.90. The molecule has 23 heavy (non-hydrogen) atoms. The minimum Gasteiger partial charge on any atom is -0.444 e. The summed E-state index contributed by atoms with van der Waals surface area (Å²) in [6.07, 6.45) is 3.43. The predicted octanol–water partition coefficient (Wildman–Crippen LogP) is 3.91. The zero-order valence-corrected chi connectivity index (χ0v) is 14.3. The summed E-state index contributed by atoms with van der Waals surface area (Å²) in [4.78, 5) is 22.7. The third kappa shape index (κ3) is 3.10. The Morgan fingerprint density at radius 3 is 2.96 bits per heavy atom. The van der Waals surface area contributed by atoms with Crippen molar-refractivity contribution in [2.45, 2.75) is 11.5 Å². The van der Waals surface area contributed by atoms with Crippen molar-refractivity contribution < 1.29 is 4.42 Å². The van der Waals surface area contributed by atoms with Gasteiger partial charge in [-0.05, 0) is 11.4 Å². The molecular weight excluding hydrogens is 350 g/mol. The van der Waals surface area contributed by atoms with Gasteiger partial charge in [0.15, 0.2) is 4.96 Å². The van der Waals surface area contributed by atoms with Gasteiger partial charge in [-0.3, -0.25) is 9.20 Å². The first kappa shape index (κ1) is 14.7. The summed E-state index contributed by atoms with van der Waals surface area (Å²) in [5.41, 5.74) is 1.66. The number of thioether (sulfide) groups is 1. The summed E-state index contributed by atoms with van der Waals surface area (Å²) in [5.74, 6) is 2.05. The predicted molar refractivity (Wildman–Crippen MR) is 94.2 cm³/mol. The molecule has 0 N–H and O–H groups in total. The van der Waals surface area contributed by atoms with Gasteiger partial charge in [-0.1, -0.05) is 6.07 Å². The average molecular weight is 361 g/mol. The molecule has 116 valence electrons. The second kappa shape index (κ2) is 6.31. The first-order valence-corrected chi connectivity index (χ1v) is 9.73. The molecule has 4 aromatic rings. The van der Waals surface area contributed by atoms with E-state index in [1.54, 1.807) is 46.0 Å². The van der Waals surface area contributed by atoms with Crippen LogP contribution in [0.3, 0.4) is 0 Å². The van der Waals surface area contributed by atoms with Gasteiger partial charge < -0.3 is 4.42 Å². The Kier molecular flexibility index (Phi) is 4.02. The highest BCUT2D eigenvalue weighted by Crippen LogP contribution is 2.25. The summed E-state index contributed by atoms with van der Waals surface area (Å²) in [6.45, 7) is 0. The van der Waals surface area contributed by atoms with Gasteiger partial charge in [0.2, 0.25) is 5.89 Å². The smallest absolute Gasteiger partial charge is 0.258 e. The fourth-order valence-corrected chi connectivity index (χ4v) is 4.30. The van der Waals surface area contributed by atoms with Gasteiger partial charge in [0, 0.05) is 29.1 Å². The molecule has 0 aliphatic rings. The van der Waals surface area contributed by atoms with Crippen LogP contribution in [-0.4, -0.2) is 14.4 Å². The van der Waals surface area contributed by atoms with Crippen molar-refractivity contribution in [1.29, 1.82) is 0 Å². The Labute approximate surface area is 143 Å². The fourth-order valence-electron chi connectivity index (χ4n) is 2.11. The zero-order chi connectivity index (χ0) is 15.6. The fraction of sp³-hybridized carbons (Fsp3) is 0.133. The van der Waals surface area contributed by atoms with E-state index in [-0.39, 0.29) is 5.56 Å². The van der Waals surface area contributed by atoms with Crippen molar-refractivity contribution in [2.75, 3.05) is 0 Å². The van der Waals surface area contributed by atoms with E-state index in [0.29, 0.717) is 11.6 Å². The number of nitrogens with zero attached hydrogens (tertiary/aromatic N) is 3. The number of aromatic nitrogens is 3. The minimum absolute atomic E-state index is 0.0340. The molecule has 0 unspecified atom stereocenters. The van der Waals surface area contributed by atoms with Crippen LogP contribution in [0.2, 0.25) is 0 Å². The van der Waals surface area contributed by atoms with Gasteiger partial charge in [0.1, 0.15) is 6.26 Å². The summed E-state index contributed by atoms with van der Waals surface area (Å²) in [6, 6.07) is 5.55. The van der Waals surface area contributed by atoms with E-state index in [2.05, 4.69) is 9.97 Å². The van der Waals surface area contributed by atoms with Crippen molar-refractivity contribution >= 4 is 39.4 Å².